The van der Waals surface area contributed by atoms with Gasteiger partial charge in [0.2, 0.25) is 0 Å². The van der Waals surface area contributed by atoms with Crippen LogP contribution < -0.4 is 0 Å². The van der Waals surface area contributed by atoms with Crippen LogP contribution in [0.4, 0.5) is 27.6 Å². The average Bonchev–Trinajstić information content (AvgIpc) is 2.13. The van der Waals surface area contributed by atoms with E-state index in [0.29, 0.717) is 0 Å². The fourth-order valence-corrected chi connectivity index (χ4v) is 1.44. The van der Waals surface area contributed by atoms with E-state index in [-0.39, 0.29) is 12.1 Å². The van der Waals surface area contributed by atoms with Crippen LogP contribution in [0.3, 0.4) is 0 Å². The standard InChI is InChI=1S/C8H3ClF5NO2/c9-5-2-3(8(12,13)14)1-4(7(10)11)6(5)15(16)17/h1-2,7H. The van der Waals surface area contributed by atoms with E-state index in [9.17, 15) is 32.1 Å². The van der Waals surface area contributed by atoms with Crippen molar-refractivity contribution in [2.24, 2.45) is 0 Å². The fraction of sp³-hybridized carbons (Fsp3) is 0.250. The topological polar surface area (TPSA) is 43.1 Å². The molecule has 0 aromatic heterocycles. The number of halogens is 6. The van der Waals surface area contributed by atoms with Crippen molar-refractivity contribution in [2.45, 2.75) is 12.6 Å². The first kappa shape index (κ1) is 13.6. The van der Waals surface area contributed by atoms with E-state index in [0.717, 1.165) is 0 Å². The van der Waals surface area contributed by atoms with Crippen molar-refractivity contribution in [2.75, 3.05) is 0 Å². The lowest BCUT2D eigenvalue weighted by atomic mass is 10.1. The highest BCUT2D eigenvalue weighted by Gasteiger charge is 2.36. The molecule has 0 bridgehead atoms. The van der Waals surface area contributed by atoms with Gasteiger partial charge >= 0.3 is 6.18 Å². The molecule has 0 aliphatic rings. The van der Waals surface area contributed by atoms with Crippen LogP contribution in [0.25, 0.3) is 0 Å². The maximum atomic E-state index is 12.4. The van der Waals surface area contributed by atoms with Gasteiger partial charge in [0, 0.05) is 0 Å². The molecule has 3 nitrogen and oxygen atoms in total. The molecule has 9 heteroatoms. The van der Waals surface area contributed by atoms with E-state index in [4.69, 9.17) is 11.6 Å². The Hall–Kier alpha value is -1.44. The summed E-state index contributed by atoms with van der Waals surface area (Å²) in [5.74, 6) is 0. The summed E-state index contributed by atoms with van der Waals surface area (Å²) in [4.78, 5) is 9.17. The molecule has 0 atom stereocenters. The summed E-state index contributed by atoms with van der Waals surface area (Å²) < 4.78 is 61.6. The molecular formula is C8H3ClF5NO2. The average molecular weight is 276 g/mol. The lowest BCUT2D eigenvalue weighted by Gasteiger charge is -2.10. The number of nitro benzene ring substituents is 1. The van der Waals surface area contributed by atoms with E-state index in [1.54, 1.807) is 0 Å². The van der Waals surface area contributed by atoms with Crippen molar-refractivity contribution in [3.05, 3.63) is 38.4 Å². The monoisotopic (exact) mass is 275 g/mol. The molecule has 0 saturated heterocycles. The molecule has 94 valence electrons. The Morgan fingerprint density at radius 2 is 1.82 bits per heavy atom. The van der Waals surface area contributed by atoms with Gasteiger partial charge in [-0.2, -0.15) is 13.2 Å². The largest absolute Gasteiger partial charge is 0.416 e. The summed E-state index contributed by atoms with van der Waals surface area (Å²) >= 11 is 5.20. The van der Waals surface area contributed by atoms with Gasteiger partial charge in [-0.1, -0.05) is 11.6 Å². The molecule has 0 fully saturated rings. The van der Waals surface area contributed by atoms with E-state index in [1.165, 1.54) is 0 Å². The summed E-state index contributed by atoms with van der Waals surface area (Å²) in [6.07, 6.45) is -8.32. The molecule has 0 unspecified atom stereocenters. The van der Waals surface area contributed by atoms with Gasteiger partial charge in [0.05, 0.1) is 16.1 Å². The molecule has 1 aromatic rings. The Bertz CT molecular complexity index is 460. The third kappa shape index (κ3) is 2.82. The number of alkyl halides is 5. The summed E-state index contributed by atoms with van der Waals surface area (Å²) in [6, 6.07) is 0.264. The number of nitrogens with zero attached hydrogens (tertiary/aromatic N) is 1. The van der Waals surface area contributed by atoms with Crippen LogP contribution in [0.2, 0.25) is 5.02 Å². The number of nitro groups is 1. The van der Waals surface area contributed by atoms with E-state index < -0.39 is 39.4 Å². The predicted molar refractivity (Wildman–Crippen MR) is 48.1 cm³/mol. The Morgan fingerprint density at radius 3 is 2.18 bits per heavy atom. The minimum absolute atomic E-state index is 0.0225. The molecule has 1 rings (SSSR count). The van der Waals surface area contributed by atoms with Gasteiger partial charge in [-0.3, -0.25) is 10.1 Å². The maximum absolute atomic E-state index is 12.4. The summed E-state index contributed by atoms with van der Waals surface area (Å²) in [7, 11) is 0. The summed E-state index contributed by atoms with van der Waals surface area (Å²) in [5.41, 5.74) is -4.02. The van der Waals surface area contributed by atoms with Crippen molar-refractivity contribution >= 4 is 17.3 Å². The van der Waals surface area contributed by atoms with Crippen LogP contribution in [0, 0.1) is 10.1 Å². The lowest BCUT2D eigenvalue weighted by Crippen LogP contribution is -2.08. The van der Waals surface area contributed by atoms with Crippen LogP contribution in [-0.4, -0.2) is 4.92 Å². The highest BCUT2D eigenvalue weighted by molar-refractivity contribution is 6.32. The zero-order valence-corrected chi connectivity index (χ0v) is 8.52. The third-order valence-electron chi connectivity index (χ3n) is 1.84. The molecule has 0 aliphatic heterocycles. The molecule has 0 saturated carbocycles. The Morgan fingerprint density at radius 1 is 1.29 bits per heavy atom. The molecule has 0 radical (unpaired) electrons. The van der Waals surface area contributed by atoms with Gasteiger partial charge in [-0.05, 0) is 12.1 Å². The Balaban J connectivity index is 3.52. The van der Waals surface area contributed by atoms with Gasteiger partial charge in [0.25, 0.3) is 12.1 Å². The number of rotatable bonds is 2. The van der Waals surface area contributed by atoms with Crippen molar-refractivity contribution in [3.63, 3.8) is 0 Å². The molecule has 0 spiro atoms. The van der Waals surface area contributed by atoms with Crippen LogP contribution >= 0.6 is 11.6 Å². The quantitative estimate of drug-likeness (QED) is 0.461. The van der Waals surface area contributed by atoms with Gasteiger partial charge in [0.15, 0.2) is 0 Å². The van der Waals surface area contributed by atoms with Gasteiger partial charge < -0.3 is 0 Å². The minimum Gasteiger partial charge on any atom is -0.258 e. The number of hydrogen-bond donors (Lipinski definition) is 0. The zero-order valence-electron chi connectivity index (χ0n) is 7.76. The highest BCUT2D eigenvalue weighted by Crippen LogP contribution is 2.40. The van der Waals surface area contributed by atoms with E-state index >= 15 is 0 Å². The highest BCUT2D eigenvalue weighted by atomic mass is 35.5. The second-order valence-corrected chi connectivity index (χ2v) is 3.36. The van der Waals surface area contributed by atoms with E-state index in [2.05, 4.69) is 0 Å². The van der Waals surface area contributed by atoms with Crippen LogP contribution in [0.1, 0.15) is 17.6 Å². The SMILES string of the molecule is O=[N+]([O-])c1c(Cl)cc(C(F)(F)F)cc1C(F)F. The second-order valence-electron chi connectivity index (χ2n) is 2.95. The predicted octanol–water partition coefficient (Wildman–Crippen LogP) is 4.20. The van der Waals surface area contributed by atoms with Crippen molar-refractivity contribution in [1.29, 1.82) is 0 Å². The molecule has 1 aromatic carbocycles. The van der Waals surface area contributed by atoms with Crippen LogP contribution in [-0.2, 0) is 6.18 Å². The maximum Gasteiger partial charge on any atom is 0.416 e. The smallest absolute Gasteiger partial charge is 0.258 e. The molecule has 0 aliphatic carbocycles. The molecule has 0 N–H and O–H groups in total. The number of hydrogen-bond acceptors (Lipinski definition) is 2. The summed E-state index contributed by atoms with van der Waals surface area (Å²) in [6.45, 7) is 0. The normalized spacial score (nSPS) is 11.9. The van der Waals surface area contributed by atoms with Crippen LogP contribution in [0.15, 0.2) is 12.1 Å². The van der Waals surface area contributed by atoms with Crippen molar-refractivity contribution in [3.8, 4) is 0 Å². The van der Waals surface area contributed by atoms with Gasteiger partial charge in [-0.15, -0.1) is 0 Å². The van der Waals surface area contributed by atoms with Gasteiger partial charge in [0.1, 0.15) is 5.02 Å². The van der Waals surface area contributed by atoms with Crippen LogP contribution in [0.5, 0.6) is 0 Å². The molecule has 0 heterocycles. The first-order valence-electron chi connectivity index (χ1n) is 3.97. The van der Waals surface area contributed by atoms with Crippen molar-refractivity contribution < 1.29 is 26.9 Å². The Labute approximate surface area is 95.9 Å². The lowest BCUT2D eigenvalue weighted by molar-refractivity contribution is -0.386. The first-order valence-corrected chi connectivity index (χ1v) is 4.35. The minimum atomic E-state index is -4.90. The van der Waals surface area contributed by atoms with Crippen molar-refractivity contribution in [1.82, 2.24) is 0 Å². The third-order valence-corrected chi connectivity index (χ3v) is 2.13. The van der Waals surface area contributed by atoms with E-state index in [1.807, 2.05) is 0 Å². The molecular weight excluding hydrogens is 273 g/mol. The molecule has 0 amide bonds. The first-order chi connectivity index (χ1) is 7.64. The number of benzene rings is 1. The zero-order chi connectivity index (χ0) is 13.4. The Kier molecular flexibility index (Phi) is 3.56. The second kappa shape index (κ2) is 4.44. The fourth-order valence-electron chi connectivity index (χ4n) is 1.14. The summed E-state index contributed by atoms with van der Waals surface area (Å²) in [5, 5.41) is 9.44. The van der Waals surface area contributed by atoms with Gasteiger partial charge in [-0.25, -0.2) is 8.78 Å². The molecule has 17 heavy (non-hydrogen) atoms.